The van der Waals surface area contributed by atoms with E-state index in [1.807, 2.05) is 27.1 Å². The molecule has 158 valence electrons. The molecule has 1 aromatic carbocycles. The zero-order valence-electron chi connectivity index (χ0n) is 18.8. The van der Waals surface area contributed by atoms with Crippen LogP contribution in [0.25, 0.3) is 16.7 Å². The molecule has 1 aliphatic heterocycles. The average Bonchev–Trinajstić information content (AvgIpc) is 3.06. The lowest BCUT2D eigenvalue weighted by Crippen LogP contribution is -2.21. The van der Waals surface area contributed by atoms with Crippen LogP contribution in [0.4, 0.5) is 0 Å². The van der Waals surface area contributed by atoms with Gasteiger partial charge >= 0.3 is 0 Å². The van der Waals surface area contributed by atoms with Crippen LogP contribution in [-0.4, -0.2) is 29.1 Å². The Balaban J connectivity index is 2.14. The van der Waals surface area contributed by atoms with Crippen LogP contribution < -0.4 is 4.74 Å². The molecule has 0 spiro atoms. The van der Waals surface area contributed by atoms with Gasteiger partial charge in [-0.25, -0.2) is 4.68 Å². The molecule has 30 heavy (non-hydrogen) atoms. The van der Waals surface area contributed by atoms with Gasteiger partial charge in [0.1, 0.15) is 6.10 Å². The SMILES string of the molecule is C=C(C)C1=C(\CC)COC[C@H](C)Oc2c(cnn2C)-c2ccc(C)c(c2)C(=C)\C=C\1. The third-order valence-electron chi connectivity index (χ3n) is 5.44. The second kappa shape index (κ2) is 9.31. The molecule has 0 saturated carbocycles. The van der Waals surface area contributed by atoms with Crippen LogP contribution in [0.1, 0.15) is 38.3 Å². The Kier molecular flexibility index (Phi) is 6.78. The van der Waals surface area contributed by atoms with Gasteiger partial charge in [0.25, 0.3) is 0 Å². The molecule has 0 unspecified atom stereocenters. The largest absolute Gasteiger partial charge is 0.472 e. The Bertz CT molecular complexity index is 1020. The van der Waals surface area contributed by atoms with E-state index in [1.165, 1.54) is 11.1 Å². The molecular weight excluding hydrogens is 372 g/mol. The maximum absolute atomic E-state index is 6.24. The van der Waals surface area contributed by atoms with E-state index in [-0.39, 0.29) is 6.10 Å². The molecule has 2 aromatic rings. The zero-order chi connectivity index (χ0) is 21.8. The van der Waals surface area contributed by atoms with Crippen LogP contribution in [0, 0.1) is 6.92 Å². The van der Waals surface area contributed by atoms with Gasteiger partial charge < -0.3 is 9.47 Å². The number of ether oxygens (including phenoxy) is 2. The number of hydrogen-bond donors (Lipinski definition) is 0. The van der Waals surface area contributed by atoms with Gasteiger partial charge in [-0.05, 0) is 66.7 Å². The van der Waals surface area contributed by atoms with Crippen molar-refractivity contribution < 1.29 is 9.47 Å². The summed E-state index contributed by atoms with van der Waals surface area (Å²) in [5.41, 5.74) is 8.64. The number of benzene rings is 1. The molecule has 3 rings (SSSR count). The third kappa shape index (κ3) is 4.65. The molecule has 1 aliphatic rings. The highest BCUT2D eigenvalue weighted by atomic mass is 16.5. The standard InChI is InChI=1S/C26H32N2O2/c1-8-21-16-29-15-20(6)30-26-25(14-27-28(26)7)22-11-9-18(4)24(13-22)19(5)10-12-23(21)17(2)3/h9-14,20H,2,5,8,15-16H2,1,3-4,6-7H3/b12-10+,23-21+/t20-/m0/s1. The fraction of sp³-hybridized carbons (Fsp3) is 0.346. The topological polar surface area (TPSA) is 36.3 Å². The molecule has 0 saturated heterocycles. The normalized spacial score (nSPS) is 21.2. The molecule has 0 radical (unpaired) electrons. The Labute approximate surface area is 180 Å². The van der Waals surface area contributed by atoms with E-state index in [4.69, 9.17) is 9.47 Å². The van der Waals surface area contributed by atoms with Crippen molar-refractivity contribution in [1.82, 2.24) is 9.78 Å². The molecule has 0 fully saturated rings. The van der Waals surface area contributed by atoms with Gasteiger partial charge in [-0.1, -0.05) is 49.9 Å². The molecule has 1 aromatic heterocycles. The summed E-state index contributed by atoms with van der Waals surface area (Å²) in [4.78, 5) is 0. The van der Waals surface area contributed by atoms with Crippen molar-refractivity contribution in [2.24, 2.45) is 7.05 Å². The molecule has 0 N–H and O–H groups in total. The van der Waals surface area contributed by atoms with E-state index in [0.29, 0.717) is 13.2 Å². The molecule has 0 amide bonds. The first-order valence-electron chi connectivity index (χ1n) is 10.4. The summed E-state index contributed by atoms with van der Waals surface area (Å²) in [6.07, 6.45) is 6.84. The Morgan fingerprint density at radius 2 is 2.03 bits per heavy atom. The van der Waals surface area contributed by atoms with E-state index in [0.717, 1.165) is 45.7 Å². The number of fused-ring (bicyclic) bond motifs is 4. The molecular formula is C26H32N2O2. The molecule has 4 nitrogen and oxygen atoms in total. The van der Waals surface area contributed by atoms with Crippen LogP contribution in [0.15, 0.2) is 66.4 Å². The molecule has 4 heteroatoms. The van der Waals surface area contributed by atoms with Gasteiger partial charge in [0.2, 0.25) is 5.88 Å². The quantitative estimate of drug-likeness (QED) is 0.612. The van der Waals surface area contributed by atoms with Crippen LogP contribution in [0.3, 0.4) is 0 Å². The van der Waals surface area contributed by atoms with Crippen molar-refractivity contribution in [3.05, 3.63) is 77.6 Å². The summed E-state index contributed by atoms with van der Waals surface area (Å²) in [6.45, 7) is 17.9. The summed E-state index contributed by atoms with van der Waals surface area (Å²) in [5, 5.41) is 4.42. The van der Waals surface area contributed by atoms with E-state index in [2.05, 4.69) is 62.5 Å². The Morgan fingerprint density at radius 3 is 2.73 bits per heavy atom. The number of aryl methyl sites for hydroxylation is 2. The van der Waals surface area contributed by atoms with Crippen molar-refractivity contribution in [2.45, 2.75) is 40.2 Å². The summed E-state index contributed by atoms with van der Waals surface area (Å²) in [5.74, 6) is 0.741. The number of hydrogen-bond acceptors (Lipinski definition) is 3. The highest BCUT2D eigenvalue weighted by molar-refractivity contribution is 5.80. The molecule has 2 heterocycles. The fourth-order valence-corrected chi connectivity index (χ4v) is 3.68. The van der Waals surface area contributed by atoms with E-state index in [9.17, 15) is 0 Å². The lowest BCUT2D eigenvalue weighted by atomic mass is 9.94. The van der Waals surface area contributed by atoms with Crippen LogP contribution in [0.2, 0.25) is 0 Å². The van der Waals surface area contributed by atoms with Crippen LogP contribution in [0.5, 0.6) is 5.88 Å². The minimum absolute atomic E-state index is 0.105. The van der Waals surface area contributed by atoms with E-state index >= 15 is 0 Å². The van der Waals surface area contributed by atoms with Gasteiger partial charge in [0.15, 0.2) is 0 Å². The minimum atomic E-state index is -0.105. The summed E-state index contributed by atoms with van der Waals surface area (Å²) in [7, 11) is 1.90. The van der Waals surface area contributed by atoms with Gasteiger partial charge in [0.05, 0.1) is 25.0 Å². The van der Waals surface area contributed by atoms with Gasteiger partial charge in [-0.2, -0.15) is 5.10 Å². The summed E-state index contributed by atoms with van der Waals surface area (Å²) < 4.78 is 14.0. The van der Waals surface area contributed by atoms with Crippen molar-refractivity contribution in [3.63, 3.8) is 0 Å². The van der Waals surface area contributed by atoms with Crippen LogP contribution >= 0.6 is 0 Å². The molecule has 2 bridgehead atoms. The monoisotopic (exact) mass is 404 g/mol. The van der Waals surface area contributed by atoms with Gasteiger partial charge in [-0.3, -0.25) is 0 Å². The van der Waals surface area contributed by atoms with Crippen molar-refractivity contribution >= 4 is 5.57 Å². The van der Waals surface area contributed by atoms with Crippen molar-refractivity contribution in [3.8, 4) is 17.0 Å². The molecule has 1 atom stereocenters. The number of aromatic nitrogens is 2. The van der Waals surface area contributed by atoms with Crippen molar-refractivity contribution in [2.75, 3.05) is 13.2 Å². The predicted molar refractivity (Wildman–Crippen MR) is 125 cm³/mol. The second-order valence-electron chi connectivity index (χ2n) is 7.97. The first-order valence-corrected chi connectivity index (χ1v) is 10.4. The van der Waals surface area contributed by atoms with Gasteiger partial charge in [-0.15, -0.1) is 0 Å². The Hall–Kier alpha value is -2.85. The average molecular weight is 405 g/mol. The lowest BCUT2D eigenvalue weighted by Gasteiger charge is -2.18. The minimum Gasteiger partial charge on any atom is -0.472 e. The predicted octanol–water partition coefficient (Wildman–Crippen LogP) is 6.05. The first kappa shape index (κ1) is 21.8. The highest BCUT2D eigenvalue weighted by Crippen LogP contribution is 2.33. The van der Waals surface area contributed by atoms with Crippen molar-refractivity contribution in [1.29, 1.82) is 0 Å². The first-order chi connectivity index (χ1) is 14.3. The number of rotatable bonds is 2. The van der Waals surface area contributed by atoms with E-state index in [1.54, 1.807) is 4.68 Å². The smallest absolute Gasteiger partial charge is 0.219 e. The maximum atomic E-state index is 6.24. The van der Waals surface area contributed by atoms with Crippen LogP contribution in [-0.2, 0) is 11.8 Å². The maximum Gasteiger partial charge on any atom is 0.219 e. The second-order valence-corrected chi connectivity index (χ2v) is 7.97. The van der Waals surface area contributed by atoms with E-state index < -0.39 is 0 Å². The number of nitrogens with zero attached hydrogens (tertiary/aromatic N) is 2. The lowest BCUT2D eigenvalue weighted by molar-refractivity contribution is 0.0651. The number of allylic oxidation sites excluding steroid dienone is 5. The molecule has 0 aliphatic carbocycles. The van der Waals surface area contributed by atoms with Gasteiger partial charge in [0, 0.05) is 7.05 Å². The highest BCUT2D eigenvalue weighted by Gasteiger charge is 2.17. The Morgan fingerprint density at radius 1 is 1.27 bits per heavy atom. The fourth-order valence-electron chi connectivity index (χ4n) is 3.68. The summed E-state index contributed by atoms with van der Waals surface area (Å²) in [6, 6.07) is 6.39. The zero-order valence-corrected chi connectivity index (χ0v) is 18.8. The summed E-state index contributed by atoms with van der Waals surface area (Å²) >= 11 is 0. The third-order valence-corrected chi connectivity index (χ3v) is 5.44.